The van der Waals surface area contributed by atoms with Crippen molar-refractivity contribution in [1.82, 2.24) is 4.98 Å². The Morgan fingerprint density at radius 1 is 1.43 bits per heavy atom. The highest BCUT2D eigenvalue weighted by Gasteiger charge is 2.49. The summed E-state index contributed by atoms with van der Waals surface area (Å²) in [6.45, 7) is 1.87. The van der Waals surface area contributed by atoms with E-state index in [1.54, 1.807) is 13.1 Å². The fraction of sp³-hybridized carbons (Fsp3) is 0.312. The van der Waals surface area contributed by atoms with E-state index in [1.807, 2.05) is 24.3 Å². The number of ether oxygens (including phenoxy) is 1. The topological polar surface area (TPSA) is 101 Å². The van der Waals surface area contributed by atoms with Crippen LogP contribution in [0, 0.1) is 0 Å². The van der Waals surface area contributed by atoms with Crippen LogP contribution in [0.4, 0.5) is 0 Å². The maximum Gasteiger partial charge on any atom is 0.356 e. The molecule has 1 atom stereocenters. The minimum Gasteiger partial charge on any atom is -0.478 e. The van der Waals surface area contributed by atoms with Crippen LogP contribution in [-0.4, -0.2) is 39.9 Å². The Kier molecular flexibility index (Phi) is 3.77. The molecule has 0 spiro atoms. The molecule has 0 fully saturated rings. The first-order valence-corrected chi connectivity index (χ1v) is 7.26. The number of aromatic nitrogens is 1. The molecule has 7 heteroatoms. The number of rotatable bonds is 5. The summed E-state index contributed by atoms with van der Waals surface area (Å²) in [6.07, 6.45) is 1.72. The number of carbonyl (C=O) groups excluding carboxylic acids is 1. The maximum atomic E-state index is 11.8. The van der Waals surface area contributed by atoms with E-state index in [4.69, 9.17) is 9.57 Å². The minimum absolute atomic E-state index is 0.00547. The summed E-state index contributed by atoms with van der Waals surface area (Å²) in [4.78, 5) is 31.8. The average Bonchev–Trinajstić information content (AvgIpc) is 3.14. The van der Waals surface area contributed by atoms with Crippen molar-refractivity contribution in [2.24, 2.45) is 5.16 Å². The summed E-state index contributed by atoms with van der Waals surface area (Å²) in [5.41, 5.74) is 0.109. The third-order valence-electron chi connectivity index (χ3n) is 3.84. The molecule has 0 unspecified atom stereocenters. The number of esters is 1. The lowest BCUT2D eigenvalue weighted by Gasteiger charge is -2.21. The predicted molar refractivity (Wildman–Crippen MR) is 82.1 cm³/mol. The first-order chi connectivity index (χ1) is 11.1. The molecule has 3 rings (SSSR count). The van der Waals surface area contributed by atoms with Crippen LogP contribution in [0.2, 0.25) is 0 Å². The summed E-state index contributed by atoms with van der Waals surface area (Å²) < 4.78 is 4.86. The molecular formula is C16H16N2O5. The second kappa shape index (κ2) is 5.75. The van der Waals surface area contributed by atoms with E-state index >= 15 is 0 Å². The first-order valence-electron chi connectivity index (χ1n) is 7.26. The smallest absolute Gasteiger partial charge is 0.356 e. The van der Waals surface area contributed by atoms with Crippen LogP contribution < -0.4 is 0 Å². The van der Waals surface area contributed by atoms with Crippen molar-refractivity contribution in [3.8, 4) is 0 Å². The van der Waals surface area contributed by atoms with E-state index in [0.29, 0.717) is 0 Å². The lowest BCUT2D eigenvalue weighted by Crippen LogP contribution is -2.41. The average molecular weight is 316 g/mol. The Morgan fingerprint density at radius 2 is 2.22 bits per heavy atom. The van der Waals surface area contributed by atoms with Crippen molar-refractivity contribution in [3.63, 3.8) is 0 Å². The molecule has 0 radical (unpaired) electrons. The predicted octanol–water partition coefficient (Wildman–Crippen LogP) is 1.87. The largest absolute Gasteiger partial charge is 0.478 e. The minimum atomic E-state index is -1.59. The lowest BCUT2D eigenvalue weighted by molar-refractivity contribution is -0.162. The molecule has 0 bridgehead atoms. The number of carboxylic acids is 1. The maximum absolute atomic E-state index is 11.8. The molecule has 23 heavy (non-hydrogen) atoms. The number of benzene rings is 1. The third kappa shape index (κ3) is 2.65. The summed E-state index contributed by atoms with van der Waals surface area (Å²) >= 11 is 0. The number of fused-ring (bicyclic) bond motifs is 1. The Morgan fingerprint density at radius 3 is 2.96 bits per heavy atom. The number of nitrogens with one attached hydrogen (secondary N) is 1. The monoisotopic (exact) mass is 316 g/mol. The molecule has 0 aliphatic carbocycles. The zero-order valence-electron chi connectivity index (χ0n) is 12.5. The van der Waals surface area contributed by atoms with Gasteiger partial charge in [0, 0.05) is 23.5 Å². The standard InChI is InChI=1S/C16H16N2O5/c1-2-22-14(19)13-8-16(15(20)21,23-18-13)7-10-9-17-12-6-4-3-5-11(10)12/h3-6,9,17H,2,7-8H2,1H3,(H,20,21)/t16-/m0/s1. The molecule has 0 saturated heterocycles. The van der Waals surface area contributed by atoms with Crippen molar-refractivity contribution in [3.05, 3.63) is 36.0 Å². The highest BCUT2D eigenvalue weighted by molar-refractivity contribution is 6.37. The first kappa shape index (κ1) is 15.1. The van der Waals surface area contributed by atoms with E-state index in [2.05, 4.69) is 10.1 Å². The molecule has 1 aliphatic rings. The zero-order valence-corrected chi connectivity index (χ0v) is 12.5. The zero-order chi connectivity index (χ0) is 16.4. The van der Waals surface area contributed by atoms with Crippen LogP contribution in [0.15, 0.2) is 35.6 Å². The van der Waals surface area contributed by atoms with Crippen molar-refractivity contribution in [2.45, 2.75) is 25.4 Å². The molecule has 2 aromatic rings. The number of H-pyrrole nitrogens is 1. The van der Waals surface area contributed by atoms with Gasteiger partial charge in [-0.2, -0.15) is 0 Å². The Labute approximate surface area is 131 Å². The molecule has 0 amide bonds. The molecule has 2 N–H and O–H groups in total. The van der Waals surface area contributed by atoms with Gasteiger partial charge < -0.3 is 19.7 Å². The number of nitrogens with zero attached hydrogens (tertiary/aromatic N) is 1. The molecule has 7 nitrogen and oxygen atoms in total. The van der Waals surface area contributed by atoms with Gasteiger partial charge >= 0.3 is 11.9 Å². The summed E-state index contributed by atoms with van der Waals surface area (Å²) in [6, 6.07) is 7.58. The normalized spacial score (nSPS) is 20.1. The number of oxime groups is 1. The van der Waals surface area contributed by atoms with E-state index in [9.17, 15) is 14.7 Å². The summed E-state index contributed by atoms with van der Waals surface area (Å²) in [5.74, 6) is -1.81. The highest BCUT2D eigenvalue weighted by Crippen LogP contribution is 2.31. The van der Waals surface area contributed by atoms with Crippen molar-refractivity contribution in [1.29, 1.82) is 0 Å². The molecule has 0 saturated carbocycles. The lowest BCUT2D eigenvalue weighted by atomic mass is 9.89. The molecule has 1 aliphatic heterocycles. The summed E-state index contributed by atoms with van der Waals surface area (Å²) in [5, 5.41) is 14.2. The van der Waals surface area contributed by atoms with Gasteiger partial charge in [0.25, 0.3) is 0 Å². The van der Waals surface area contributed by atoms with Crippen LogP contribution in [-0.2, 0) is 25.6 Å². The van der Waals surface area contributed by atoms with E-state index in [-0.39, 0.29) is 25.2 Å². The Balaban J connectivity index is 1.87. The molecule has 1 aromatic heterocycles. The van der Waals surface area contributed by atoms with Gasteiger partial charge in [-0.1, -0.05) is 23.4 Å². The fourth-order valence-electron chi connectivity index (χ4n) is 2.67. The van der Waals surface area contributed by atoms with E-state index in [1.165, 1.54) is 0 Å². The Hall–Kier alpha value is -2.83. The molecule has 1 aromatic carbocycles. The van der Waals surface area contributed by atoms with Gasteiger partial charge in [-0.05, 0) is 18.6 Å². The van der Waals surface area contributed by atoms with Crippen molar-refractivity contribution in [2.75, 3.05) is 6.61 Å². The molecular weight excluding hydrogens is 300 g/mol. The number of aromatic amines is 1. The second-order valence-corrected chi connectivity index (χ2v) is 5.36. The number of hydrogen-bond acceptors (Lipinski definition) is 5. The van der Waals surface area contributed by atoms with Gasteiger partial charge in [-0.15, -0.1) is 0 Å². The number of aliphatic carboxylic acids is 1. The number of carbonyl (C=O) groups is 2. The number of hydrogen-bond donors (Lipinski definition) is 2. The van der Waals surface area contributed by atoms with Crippen molar-refractivity contribution < 1.29 is 24.3 Å². The van der Waals surface area contributed by atoms with E-state index < -0.39 is 17.5 Å². The quantitative estimate of drug-likeness (QED) is 0.820. The van der Waals surface area contributed by atoms with Crippen molar-refractivity contribution >= 4 is 28.6 Å². The van der Waals surface area contributed by atoms with Crippen LogP contribution >= 0.6 is 0 Å². The fourth-order valence-corrected chi connectivity index (χ4v) is 2.67. The van der Waals surface area contributed by atoms with Crippen LogP contribution in [0.1, 0.15) is 18.9 Å². The Bertz CT molecular complexity index is 795. The van der Waals surface area contributed by atoms with Gasteiger partial charge in [-0.3, -0.25) is 0 Å². The van der Waals surface area contributed by atoms with Gasteiger partial charge in [0.15, 0.2) is 5.71 Å². The van der Waals surface area contributed by atoms with Gasteiger partial charge in [0.1, 0.15) is 0 Å². The van der Waals surface area contributed by atoms with Crippen LogP contribution in [0.3, 0.4) is 0 Å². The van der Waals surface area contributed by atoms with Crippen LogP contribution in [0.5, 0.6) is 0 Å². The SMILES string of the molecule is CCOC(=O)C1=NO[C@](Cc2c[nH]c3ccccc23)(C(=O)O)C1. The number of para-hydroxylation sites is 1. The van der Waals surface area contributed by atoms with Gasteiger partial charge in [0.2, 0.25) is 5.60 Å². The summed E-state index contributed by atoms with van der Waals surface area (Å²) in [7, 11) is 0. The van der Waals surface area contributed by atoms with Gasteiger partial charge in [0.05, 0.1) is 13.0 Å². The van der Waals surface area contributed by atoms with Gasteiger partial charge in [-0.25, -0.2) is 9.59 Å². The molecule has 120 valence electrons. The second-order valence-electron chi connectivity index (χ2n) is 5.36. The van der Waals surface area contributed by atoms with Crippen LogP contribution in [0.25, 0.3) is 10.9 Å². The van der Waals surface area contributed by atoms with E-state index in [0.717, 1.165) is 16.5 Å². The third-order valence-corrected chi connectivity index (χ3v) is 3.84. The molecule has 2 heterocycles. The number of carboxylic acid groups (broad SMARTS) is 1. The highest BCUT2D eigenvalue weighted by atomic mass is 16.7.